The molecule has 0 saturated carbocycles. The van der Waals surface area contributed by atoms with Crippen LogP contribution in [0.1, 0.15) is 200 Å². The van der Waals surface area contributed by atoms with Gasteiger partial charge in [-0.25, -0.2) is 0 Å². The molecule has 54 heavy (non-hydrogen) atoms. The third-order valence-electron chi connectivity index (χ3n) is 11.1. The van der Waals surface area contributed by atoms with Gasteiger partial charge in [0, 0.05) is 38.3 Å². The number of likely N-dealkylation sites (N-methyl/N-ethyl adjacent to an activating group) is 1. The van der Waals surface area contributed by atoms with E-state index in [1.54, 1.807) is 0 Å². The predicted octanol–water partition coefficient (Wildman–Crippen LogP) is 14.9. The predicted molar refractivity (Wildman–Crippen MR) is 236 cm³/mol. The van der Waals surface area contributed by atoms with Crippen molar-refractivity contribution in [2.24, 2.45) is 0 Å². The molecule has 0 spiro atoms. The fourth-order valence-electron chi connectivity index (χ4n) is 7.50. The van der Waals surface area contributed by atoms with Crippen molar-refractivity contribution < 1.29 is 9.47 Å². The van der Waals surface area contributed by atoms with E-state index < -0.39 is 0 Å². The summed E-state index contributed by atoms with van der Waals surface area (Å²) in [6, 6.07) is 4.27. The Morgan fingerprint density at radius 2 is 1.06 bits per heavy atom. The number of hydrogen-bond acceptors (Lipinski definition) is 4. The van der Waals surface area contributed by atoms with Crippen LogP contribution < -0.4 is 0 Å². The smallest absolute Gasteiger partial charge is 0.168 e. The molecule has 308 valence electrons. The molecule has 0 radical (unpaired) electrons. The average Bonchev–Trinajstić information content (AvgIpc) is 3.60. The Kier molecular flexibility index (Phi) is 31.6. The van der Waals surface area contributed by atoms with Crippen LogP contribution in [-0.4, -0.2) is 48.0 Å². The van der Waals surface area contributed by atoms with Gasteiger partial charge in [-0.05, 0) is 114 Å². The zero-order valence-corrected chi connectivity index (χ0v) is 35.8. The van der Waals surface area contributed by atoms with Gasteiger partial charge in [0.05, 0.1) is 12.7 Å². The van der Waals surface area contributed by atoms with Gasteiger partial charge in [-0.1, -0.05) is 146 Å². The number of pyridine rings is 1. The van der Waals surface area contributed by atoms with E-state index >= 15 is 0 Å². The number of hydrogen-bond donors (Lipinski definition) is 0. The second kappa shape index (κ2) is 35.4. The summed E-state index contributed by atoms with van der Waals surface area (Å²) in [7, 11) is 0. The van der Waals surface area contributed by atoms with E-state index in [1.807, 2.05) is 12.4 Å². The van der Waals surface area contributed by atoms with Crippen molar-refractivity contribution in [1.82, 2.24) is 9.88 Å². The quantitative estimate of drug-likeness (QED) is 0.0502. The molecular formula is C50H86N2O2. The van der Waals surface area contributed by atoms with Crippen LogP contribution in [0.5, 0.6) is 0 Å². The Balaban J connectivity index is 1.65. The minimum atomic E-state index is -0.358. The van der Waals surface area contributed by atoms with E-state index in [0.29, 0.717) is 0 Å². The van der Waals surface area contributed by atoms with E-state index in [9.17, 15) is 0 Å². The fourth-order valence-corrected chi connectivity index (χ4v) is 7.50. The molecule has 0 aromatic carbocycles. The number of nitrogens with zero attached hydrogens (tertiary/aromatic N) is 2. The maximum Gasteiger partial charge on any atom is 0.168 e. The third-order valence-corrected chi connectivity index (χ3v) is 11.1. The largest absolute Gasteiger partial charge is 0.347 e. The van der Waals surface area contributed by atoms with Gasteiger partial charge in [0.15, 0.2) is 5.79 Å². The van der Waals surface area contributed by atoms with Crippen LogP contribution in [-0.2, 0) is 15.9 Å². The Hall–Kier alpha value is -2.01. The molecule has 1 aromatic heterocycles. The topological polar surface area (TPSA) is 34.6 Å². The van der Waals surface area contributed by atoms with Gasteiger partial charge in [0.2, 0.25) is 0 Å². The number of allylic oxidation sites excluding steroid dienone is 8. The van der Waals surface area contributed by atoms with Crippen LogP contribution in [0.15, 0.2) is 73.1 Å². The van der Waals surface area contributed by atoms with Gasteiger partial charge in [0.1, 0.15) is 0 Å². The van der Waals surface area contributed by atoms with Gasteiger partial charge < -0.3 is 14.4 Å². The fraction of sp³-hybridized carbons (Fsp3) is 0.740. The Bertz CT molecular complexity index is 1020. The van der Waals surface area contributed by atoms with E-state index in [0.717, 1.165) is 64.8 Å². The van der Waals surface area contributed by atoms with Crippen LogP contribution in [0, 0.1) is 0 Å². The molecule has 2 rings (SSSR count). The molecule has 1 aromatic rings. The highest BCUT2D eigenvalue weighted by Crippen LogP contribution is 2.35. The third kappa shape index (κ3) is 26.7. The monoisotopic (exact) mass is 747 g/mol. The maximum absolute atomic E-state index is 6.87. The van der Waals surface area contributed by atoms with Crippen LogP contribution in [0.3, 0.4) is 0 Å². The van der Waals surface area contributed by atoms with E-state index in [2.05, 4.69) is 91.4 Å². The molecule has 1 aliphatic heterocycles. The summed E-state index contributed by atoms with van der Waals surface area (Å²) in [5, 5.41) is 0. The molecule has 0 aliphatic carbocycles. The molecule has 0 amide bonds. The van der Waals surface area contributed by atoms with Gasteiger partial charge in [0.25, 0.3) is 0 Å². The highest BCUT2D eigenvalue weighted by Gasteiger charge is 2.40. The van der Waals surface area contributed by atoms with Crippen molar-refractivity contribution in [3.63, 3.8) is 0 Å². The summed E-state index contributed by atoms with van der Waals surface area (Å²) >= 11 is 0. The van der Waals surface area contributed by atoms with Gasteiger partial charge in [-0.15, -0.1) is 0 Å². The molecule has 0 N–H and O–H groups in total. The summed E-state index contributed by atoms with van der Waals surface area (Å²) in [5.41, 5.74) is 1.37. The van der Waals surface area contributed by atoms with Crippen molar-refractivity contribution in [1.29, 1.82) is 0 Å². The number of unbranched alkanes of at least 4 members (excludes halogenated alkanes) is 18. The van der Waals surface area contributed by atoms with Gasteiger partial charge in [-0.2, -0.15) is 0 Å². The number of ether oxygens (including phenoxy) is 2. The van der Waals surface area contributed by atoms with E-state index in [4.69, 9.17) is 9.47 Å². The molecule has 1 unspecified atom stereocenters. The van der Waals surface area contributed by atoms with Gasteiger partial charge in [-0.3, -0.25) is 4.98 Å². The number of rotatable bonds is 37. The zero-order chi connectivity index (χ0) is 38.5. The molecule has 2 heterocycles. The highest BCUT2D eigenvalue weighted by atomic mass is 16.7. The summed E-state index contributed by atoms with van der Waals surface area (Å²) in [6.45, 7) is 10.8. The molecule has 1 atom stereocenters. The lowest BCUT2D eigenvalue weighted by molar-refractivity contribution is -0.180. The summed E-state index contributed by atoms with van der Waals surface area (Å²) in [6.07, 6.45) is 57.9. The first-order chi connectivity index (χ1) is 26.7. The molecule has 1 aliphatic rings. The molecule has 4 nitrogen and oxygen atoms in total. The van der Waals surface area contributed by atoms with Crippen LogP contribution >= 0.6 is 0 Å². The minimum absolute atomic E-state index is 0.217. The van der Waals surface area contributed by atoms with Crippen LogP contribution in [0.4, 0.5) is 0 Å². The Labute approximate surface area is 335 Å². The number of aromatic nitrogens is 1. The van der Waals surface area contributed by atoms with Crippen molar-refractivity contribution >= 4 is 0 Å². The molecule has 1 fully saturated rings. The van der Waals surface area contributed by atoms with Crippen molar-refractivity contribution in [2.75, 3.05) is 26.2 Å². The normalized spacial score (nSPS) is 17.9. The van der Waals surface area contributed by atoms with E-state index in [1.165, 1.54) is 147 Å². The molecule has 4 heteroatoms. The zero-order valence-electron chi connectivity index (χ0n) is 35.8. The lowest BCUT2D eigenvalue weighted by atomic mass is 9.98. The Morgan fingerprint density at radius 3 is 1.54 bits per heavy atom. The first-order valence-corrected chi connectivity index (χ1v) is 23.2. The van der Waals surface area contributed by atoms with Crippen molar-refractivity contribution in [2.45, 2.75) is 212 Å². The lowest BCUT2D eigenvalue weighted by Gasteiger charge is -2.29. The lowest BCUT2D eigenvalue weighted by Crippen LogP contribution is -2.33. The van der Waals surface area contributed by atoms with Crippen LogP contribution in [0.25, 0.3) is 0 Å². The average molecular weight is 747 g/mol. The summed E-state index contributed by atoms with van der Waals surface area (Å²) in [4.78, 5) is 6.74. The first-order valence-electron chi connectivity index (χ1n) is 23.2. The van der Waals surface area contributed by atoms with Gasteiger partial charge >= 0.3 is 0 Å². The van der Waals surface area contributed by atoms with Crippen molar-refractivity contribution in [3.8, 4) is 0 Å². The maximum atomic E-state index is 6.87. The SMILES string of the molecule is CCCCCC=CCC=CCCCCCCCCC1(CCCCCCCCC=CCC=CCCCCC)OCC(CCN(CC)CCc2ccncc2)O1. The molecule has 0 bridgehead atoms. The Morgan fingerprint density at radius 1 is 0.593 bits per heavy atom. The summed E-state index contributed by atoms with van der Waals surface area (Å²) in [5.74, 6) is -0.358. The molecule has 1 saturated heterocycles. The second-order valence-corrected chi connectivity index (χ2v) is 16.0. The van der Waals surface area contributed by atoms with Crippen molar-refractivity contribution in [3.05, 3.63) is 78.7 Å². The standard InChI is InChI=1S/C50H86N2O2/c1-4-7-9-11-13-15-17-19-21-23-25-27-29-31-33-35-41-50(42-36-34-32-30-28-26-24-22-20-18-16-14-12-10-8-5-2)53-47-49(54-50)40-46-52(6-3)45-39-48-37-43-51-44-38-48/h13-16,19-22,37-38,43-44,49H,4-12,17-18,23-36,39-42,45-47H2,1-3H3. The molecular weight excluding hydrogens is 661 g/mol. The first kappa shape index (κ1) is 48.1. The second-order valence-electron chi connectivity index (χ2n) is 16.0. The van der Waals surface area contributed by atoms with E-state index in [-0.39, 0.29) is 11.9 Å². The van der Waals surface area contributed by atoms with Crippen LogP contribution in [0.2, 0.25) is 0 Å². The highest BCUT2D eigenvalue weighted by molar-refractivity contribution is 5.09. The summed E-state index contributed by atoms with van der Waals surface area (Å²) < 4.78 is 13.5. The minimum Gasteiger partial charge on any atom is -0.347 e.